The van der Waals surface area contributed by atoms with Crippen LogP contribution in [0.2, 0.25) is 0 Å². The Kier molecular flexibility index (Phi) is 5.81. The molecule has 2 N–H and O–H groups in total. The van der Waals surface area contributed by atoms with Crippen LogP contribution in [0.1, 0.15) is 26.4 Å². The first-order valence-electron chi connectivity index (χ1n) is 9.42. The SMILES string of the molecule is CNC(=O)c1ccccc1NC(=O)c1ccc(SCc2cn3ccccc3n2)cc1. The molecule has 7 heteroatoms. The molecule has 4 rings (SSSR count). The van der Waals surface area contributed by atoms with E-state index >= 15 is 0 Å². The lowest BCUT2D eigenvalue weighted by molar-refractivity contribution is 0.0964. The summed E-state index contributed by atoms with van der Waals surface area (Å²) >= 11 is 1.66. The lowest BCUT2D eigenvalue weighted by Crippen LogP contribution is -2.21. The normalized spacial score (nSPS) is 10.7. The van der Waals surface area contributed by atoms with Crippen LogP contribution in [0.5, 0.6) is 0 Å². The Labute approximate surface area is 178 Å². The van der Waals surface area contributed by atoms with Gasteiger partial charge in [-0.15, -0.1) is 11.8 Å². The molecule has 2 amide bonds. The van der Waals surface area contributed by atoms with Crippen LogP contribution in [0.4, 0.5) is 5.69 Å². The van der Waals surface area contributed by atoms with Gasteiger partial charge in [-0.05, 0) is 48.5 Å². The minimum atomic E-state index is -0.261. The van der Waals surface area contributed by atoms with E-state index < -0.39 is 0 Å². The van der Waals surface area contributed by atoms with Gasteiger partial charge < -0.3 is 15.0 Å². The van der Waals surface area contributed by atoms with Crippen LogP contribution >= 0.6 is 11.8 Å². The minimum Gasteiger partial charge on any atom is -0.355 e. The molecule has 0 atom stereocenters. The number of hydrogen-bond acceptors (Lipinski definition) is 4. The highest BCUT2D eigenvalue weighted by Crippen LogP contribution is 2.23. The van der Waals surface area contributed by atoms with E-state index in [2.05, 4.69) is 15.6 Å². The quantitative estimate of drug-likeness (QED) is 0.461. The largest absolute Gasteiger partial charge is 0.355 e. The van der Waals surface area contributed by atoms with Crippen molar-refractivity contribution in [2.24, 2.45) is 0 Å². The molecule has 0 fully saturated rings. The monoisotopic (exact) mass is 416 g/mol. The molecule has 4 aromatic rings. The van der Waals surface area contributed by atoms with Crippen LogP contribution in [0.15, 0.2) is 84.0 Å². The first-order chi connectivity index (χ1) is 14.6. The van der Waals surface area contributed by atoms with Gasteiger partial charge in [-0.2, -0.15) is 0 Å². The molecule has 6 nitrogen and oxygen atoms in total. The number of carbonyl (C=O) groups excluding carboxylic acids is 2. The molecular weight excluding hydrogens is 396 g/mol. The molecule has 2 aromatic carbocycles. The van der Waals surface area contributed by atoms with Crippen molar-refractivity contribution >= 4 is 34.9 Å². The van der Waals surface area contributed by atoms with Crippen molar-refractivity contribution in [3.63, 3.8) is 0 Å². The summed E-state index contributed by atoms with van der Waals surface area (Å²) in [4.78, 5) is 30.2. The van der Waals surface area contributed by atoms with Crippen LogP contribution < -0.4 is 10.6 Å². The summed E-state index contributed by atoms with van der Waals surface area (Å²) < 4.78 is 2.00. The predicted molar refractivity (Wildman–Crippen MR) is 119 cm³/mol. The maximum absolute atomic E-state index is 12.6. The Balaban J connectivity index is 1.41. The number of rotatable bonds is 6. The third-order valence-electron chi connectivity index (χ3n) is 4.56. The van der Waals surface area contributed by atoms with Gasteiger partial charge in [0.25, 0.3) is 11.8 Å². The fourth-order valence-electron chi connectivity index (χ4n) is 3.04. The molecule has 2 aromatic heterocycles. The van der Waals surface area contributed by atoms with E-state index in [4.69, 9.17) is 0 Å². The zero-order valence-electron chi connectivity index (χ0n) is 16.3. The van der Waals surface area contributed by atoms with Crippen molar-refractivity contribution < 1.29 is 9.59 Å². The Morgan fingerprint density at radius 3 is 2.50 bits per heavy atom. The first-order valence-corrected chi connectivity index (χ1v) is 10.4. The van der Waals surface area contributed by atoms with Crippen LogP contribution in [-0.2, 0) is 5.75 Å². The highest BCUT2D eigenvalue weighted by molar-refractivity contribution is 7.98. The van der Waals surface area contributed by atoms with Crippen molar-refractivity contribution in [2.75, 3.05) is 12.4 Å². The number of carbonyl (C=O) groups is 2. The highest BCUT2D eigenvalue weighted by atomic mass is 32.2. The molecule has 0 radical (unpaired) electrons. The van der Waals surface area contributed by atoms with Gasteiger partial charge in [0.1, 0.15) is 5.65 Å². The predicted octanol–water partition coefficient (Wildman–Crippen LogP) is 4.24. The number of nitrogens with one attached hydrogen (secondary N) is 2. The van der Waals surface area contributed by atoms with Crippen molar-refractivity contribution in [1.29, 1.82) is 0 Å². The van der Waals surface area contributed by atoms with Gasteiger partial charge >= 0.3 is 0 Å². The molecule has 150 valence electrons. The van der Waals surface area contributed by atoms with E-state index in [1.165, 1.54) is 0 Å². The van der Waals surface area contributed by atoms with Gasteiger partial charge in [0.15, 0.2) is 0 Å². The zero-order valence-corrected chi connectivity index (χ0v) is 17.1. The van der Waals surface area contributed by atoms with Crippen LogP contribution in [0, 0.1) is 0 Å². The number of amides is 2. The second-order valence-corrected chi connectivity index (χ2v) is 7.64. The number of anilines is 1. The molecule has 0 saturated carbocycles. The summed E-state index contributed by atoms with van der Waals surface area (Å²) in [6.45, 7) is 0. The molecule has 0 aliphatic rings. The first kappa shape index (κ1) is 19.7. The van der Waals surface area contributed by atoms with Crippen molar-refractivity contribution in [2.45, 2.75) is 10.6 Å². The lowest BCUT2D eigenvalue weighted by Gasteiger charge is -2.10. The lowest BCUT2D eigenvalue weighted by atomic mass is 10.1. The number of para-hydroxylation sites is 1. The third kappa shape index (κ3) is 4.36. The van der Waals surface area contributed by atoms with E-state index in [-0.39, 0.29) is 11.8 Å². The maximum Gasteiger partial charge on any atom is 0.255 e. The van der Waals surface area contributed by atoms with E-state index in [1.54, 1.807) is 55.2 Å². The van der Waals surface area contributed by atoms with Crippen LogP contribution in [-0.4, -0.2) is 28.2 Å². The smallest absolute Gasteiger partial charge is 0.255 e. The number of benzene rings is 2. The van der Waals surface area contributed by atoms with Gasteiger partial charge in [0.05, 0.1) is 16.9 Å². The molecule has 30 heavy (non-hydrogen) atoms. The van der Waals surface area contributed by atoms with E-state index in [0.717, 1.165) is 22.0 Å². The second kappa shape index (κ2) is 8.84. The maximum atomic E-state index is 12.6. The summed E-state index contributed by atoms with van der Waals surface area (Å²) in [5.74, 6) is 0.236. The summed E-state index contributed by atoms with van der Waals surface area (Å²) in [5.41, 5.74) is 3.36. The molecule has 0 aliphatic heterocycles. The average molecular weight is 417 g/mol. The van der Waals surface area contributed by atoms with E-state index in [0.29, 0.717) is 16.8 Å². The molecular formula is C23H20N4O2S. The van der Waals surface area contributed by atoms with E-state index in [1.807, 2.05) is 47.1 Å². The van der Waals surface area contributed by atoms with Gasteiger partial charge in [-0.25, -0.2) is 4.98 Å². The standard InChI is InChI=1S/C23H20N4O2S/c1-24-23(29)19-6-2-3-7-20(19)26-22(28)16-9-11-18(12-10-16)30-15-17-14-27-13-5-4-8-21(27)25-17/h2-14H,15H2,1H3,(H,24,29)(H,26,28). The van der Waals surface area contributed by atoms with Gasteiger partial charge in [0.2, 0.25) is 0 Å². The summed E-state index contributed by atoms with van der Waals surface area (Å²) in [7, 11) is 1.56. The number of aromatic nitrogens is 2. The average Bonchev–Trinajstić information content (AvgIpc) is 3.21. The van der Waals surface area contributed by atoms with Crippen molar-refractivity contribution in [3.05, 3.63) is 95.9 Å². The number of pyridine rings is 1. The highest BCUT2D eigenvalue weighted by Gasteiger charge is 2.13. The summed E-state index contributed by atoms with van der Waals surface area (Å²) in [6, 6.07) is 20.2. The number of hydrogen-bond donors (Lipinski definition) is 2. The fourth-order valence-corrected chi connectivity index (χ4v) is 3.82. The van der Waals surface area contributed by atoms with Crippen molar-refractivity contribution in [1.82, 2.24) is 14.7 Å². The summed E-state index contributed by atoms with van der Waals surface area (Å²) in [6.07, 6.45) is 4.00. The Morgan fingerprint density at radius 1 is 0.967 bits per heavy atom. The molecule has 0 bridgehead atoms. The molecule has 0 spiro atoms. The minimum absolute atomic E-state index is 0.246. The molecule has 0 saturated heterocycles. The Morgan fingerprint density at radius 2 is 1.73 bits per heavy atom. The van der Waals surface area contributed by atoms with Crippen LogP contribution in [0.3, 0.4) is 0 Å². The topological polar surface area (TPSA) is 75.5 Å². The number of thioether (sulfide) groups is 1. The second-order valence-electron chi connectivity index (χ2n) is 6.59. The zero-order chi connectivity index (χ0) is 20.9. The number of imidazole rings is 1. The molecule has 0 aliphatic carbocycles. The summed E-state index contributed by atoms with van der Waals surface area (Å²) in [5, 5.41) is 5.39. The van der Waals surface area contributed by atoms with E-state index in [9.17, 15) is 9.59 Å². The van der Waals surface area contributed by atoms with Gasteiger partial charge in [-0.3, -0.25) is 9.59 Å². The van der Waals surface area contributed by atoms with Gasteiger partial charge in [0, 0.05) is 35.7 Å². The fraction of sp³-hybridized carbons (Fsp3) is 0.0870. The Bertz CT molecular complexity index is 1170. The molecule has 2 heterocycles. The number of fused-ring (bicyclic) bond motifs is 1. The third-order valence-corrected chi connectivity index (χ3v) is 5.61. The van der Waals surface area contributed by atoms with Crippen molar-refractivity contribution in [3.8, 4) is 0 Å². The van der Waals surface area contributed by atoms with Gasteiger partial charge in [-0.1, -0.05) is 18.2 Å². The Hall–Kier alpha value is -3.58. The molecule has 0 unspecified atom stereocenters. The van der Waals surface area contributed by atoms with Crippen LogP contribution in [0.25, 0.3) is 5.65 Å². The number of nitrogens with zero attached hydrogens (tertiary/aromatic N) is 2.